The van der Waals surface area contributed by atoms with E-state index in [1.807, 2.05) is 0 Å². The van der Waals surface area contributed by atoms with Gasteiger partial charge in [-0.25, -0.2) is 4.57 Å². The lowest BCUT2D eigenvalue weighted by molar-refractivity contribution is -0.161. The number of unbranched alkanes of at least 4 members (excludes halogenated alkanes) is 31. The highest BCUT2D eigenvalue weighted by Gasteiger charge is 2.26. The van der Waals surface area contributed by atoms with Gasteiger partial charge in [0.2, 0.25) is 0 Å². The number of ether oxygens (including phenoxy) is 2. The molecule has 0 aromatic rings. The number of carbonyl (C=O) groups is 2. The molecule has 0 radical (unpaired) electrons. The minimum Gasteiger partial charge on any atom is -0.462 e. The topological polar surface area (TPSA) is 134 Å². The van der Waals surface area contributed by atoms with Crippen LogP contribution in [-0.4, -0.2) is 49.3 Å². The van der Waals surface area contributed by atoms with Gasteiger partial charge in [0.25, 0.3) is 0 Å². The van der Waals surface area contributed by atoms with Gasteiger partial charge in [-0.1, -0.05) is 206 Å². The number of rotatable bonds is 46. The number of hydrogen-bond acceptors (Lipinski definition) is 8. The van der Waals surface area contributed by atoms with Gasteiger partial charge >= 0.3 is 19.8 Å². The van der Waals surface area contributed by atoms with Gasteiger partial charge in [-0.2, -0.15) is 0 Å². The Labute approximate surface area is 351 Å². The third-order valence-electron chi connectivity index (χ3n) is 10.7. The van der Waals surface area contributed by atoms with E-state index in [0.717, 1.165) is 51.4 Å². The van der Waals surface area contributed by atoms with Gasteiger partial charge in [0.1, 0.15) is 6.61 Å². The van der Waals surface area contributed by atoms with Gasteiger partial charge in [0.05, 0.1) is 13.2 Å². The molecule has 57 heavy (non-hydrogen) atoms. The molecule has 0 aliphatic heterocycles. The van der Waals surface area contributed by atoms with Crippen LogP contribution in [0.4, 0.5) is 0 Å². The van der Waals surface area contributed by atoms with Crippen LogP contribution in [0, 0.1) is 0 Å². The van der Waals surface area contributed by atoms with E-state index in [1.165, 1.54) is 161 Å². The van der Waals surface area contributed by atoms with Crippen LogP contribution < -0.4 is 5.73 Å². The van der Waals surface area contributed by atoms with E-state index in [1.54, 1.807) is 0 Å². The maximum atomic E-state index is 12.6. The monoisotopic (exact) mass is 830 g/mol. The molecule has 0 fully saturated rings. The van der Waals surface area contributed by atoms with Crippen molar-refractivity contribution < 1.29 is 37.6 Å². The first-order chi connectivity index (χ1) is 27.8. The van der Waals surface area contributed by atoms with E-state index < -0.39 is 26.5 Å². The Kier molecular flexibility index (Phi) is 43.3. The van der Waals surface area contributed by atoms with Crippen LogP contribution in [0.3, 0.4) is 0 Å². The molecule has 338 valence electrons. The molecular formula is C47H92NO8P. The van der Waals surface area contributed by atoms with Crippen molar-refractivity contribution in [3.63, 3.8) is 0 Å². The summed E-state index contributed by atoms with van der Waals surface area (Å²) in [5, 5.41) is 0. The van der Waals surface area contributed by atoms with Crippen molar-refractivity contribution in [1.29, 1.82) is 0 Å². The highest BCUT2D eigenvalue weighted by Crippen LogP contribution is 2.43. The van der Waals surface area contributed by atoms with E-state index in [0.29, 0.717) is 6.42 Å². The Morgan fingerprint density at radius 2 is 0.860 bits per heavy atom. The summed E-state index contributed by atoms with van der Waals surface area (Å²) in [6, 6.07) is 0. The van der Waals surface area contributed by atoms with Gasteiger partial charge in [-0.15, -0.1) is 0 Å². The maximum absolute atomic E-state index is 12.6. The molecule has 0 saturated carbocycles. The summed E-state index contributed by atoms with van der Waals surface area (Å²) in [6.07, 6.45) is 46.8. The fourth-order valence-corrected chi connectivity index (χ4v) is 7.81. The fourth-order valence-electron chi connectivity index (χ4n) is 7.04. The summed E-state index contributed by atoms with van der Waals surface area (Å²) < 4.78 is 32.8. The Balaban J connectivity index is 3.97. The number of phosphoric acid groups is 1. The lowest BCUT2D eigenvalue weighted by Crippen LogP contribution is -2.29. The molecule has 0 amide bonds. The van der Waals surface area contributed by atoms with Crippen molar-refractivity contribution in [3.05, 3.63) is 12.2 Å². The van der Waals surface area contributed by atoms with Crippen molar-refractivity contribution in [1.82, 2.24) is 0 Å². The molecule has 0 rings (SSSR count). The number of hydrogen-bond donors (Lipinski definition) is 2. The minimum absolute atomic E-state index is 0.0549. The summed E-state index contributed by atoms with van der Waals surface area (Å²) in [7, 11) is -4.37. The zero-order valence-corrected chi connectivity index (χ0v) is 38.2. The first-order valence-electron chi connectivity index (χ1n) is 24.2. The molecule has 10 heteroatoms. The molecule has 0 saturated heterocycles. The van der Waals surface area contributed by atoms with Crippen LogP contribution >= 0.6 is 7.82 Å². The standard InChI is InChI=1S/C47H92NO8P/c1-3-5-7-9-11-13-15-17-18-19-20-21-22-23-24-25-26-28-29-31-33-35-37-39-46(49)53-43-45(44-55-57(51,52)54-42-41-48)56-47(50)40-38-36-34-32-30-27-16-14-12-10-8-6-4-2/h14,16,45H,3-13,15,17-44,48H2,1-2H3,(H,51,52)/b16-14+/t45-/m0/s1. The summed E-state index contributed by atoms with van der Waals surface area (Å²) in [4.78, 5) is 34.9. The molecular weight excluding hydrogens is 737 g/mol. The highest BCUT2D eigenvalue weighted by molar-refractivity contribution is 7.47. The average Bonchev–Trinajstić information content (AvgIpc) is 3.20. The third kappa shape index (κ3) is 44.1. The molecule has 0 aromatic heterocycles. The lowest BCUT2D eigenvalue weighted by Gasteiger charge is -2.19. The smallest absolute Gasteiger partial charge is 0.462 e. The molecule has 0 heterocycles. The number of carbonyl (C=O) groups excluding carboxylic acids is 2. The molecule has 0 aromatic carbocycles. The summed E-state index contributed by atoms with van der Waals surface area (Å²) in [5.74, 6) is -0.825. The van der Waals surface area contributed by atoms with Crippen molar-refractivity contribution in [2.24, 2.45) is 5.73 Å². The number of nitrogens with two attached hydrogens (primary N) is 1. The molecule has 0 aliphatic carbocycles. The van der Waals surface area contributed by atoms with Crippen LogP contribution in [0.2, 0.25) is 0 Å². The normalized spacial score (nSPS) is 13.3. The van der Waals surface area contributed by atoms with E-state index >= 15 is 0 Å². The molecule has 3 N–H and O–H groups in total. The van der Waals surface area contributed by atoms with Crippen LogP contribution in [-0.2, 0) is 32.7 Å². The van der Waals surface area contributed by atoms with Gasteiger partial charge in [0, 0.05) is 19.4 Å². The third-order valence-corrected chi connectivity index (χ3v) is 11.6. The Morgan fingerprint density at radius 3 is 1.26 bits per heavy atom. The summed E-state index contributed by atoms with van der Waals surface area (Å²) >= 11 is 0. The predicted molar refractivity (Wildman–Crippen MR) is 238 cm³/mol. The molecule has 1 unspecified atom stereocenters. The van der Waals surface area contributed by atoms with E-state index in [-0.39, 0.29) is 38.6 Å². The second-order valence-corrected chi connectivity index (χ2v) is 17.8. The van der Waals surface area contributed by atoms with Crippen LogP contribution in [0.25, 0.3) is 0 Å². The Bertz CT molecular complexity index is 948. The van der Waals surface area contributed by atoms with Gasteiger partial charge in [-0.3, -0.25) is 18.6 Å². The van der Waals surface area contributed by atoms with Crippen LogP contribution in [0.15, 0.2) is 12.2 Å². The SMILES string of the molecule is CCCCCC/C=C/CCCCCCCC(=O)O[C@@H](COC(=O)CCCCCCCCCCCCCCCCCCCCCCCCC)COP(=O)(O)OCCN. The van der Waals surface area contributed by atoms with E-state index in [9.17, 15) is 19.0 Å². The first-order valence-corrected chi connectivity index (χ1v) is 25.7. The largest absolute Gasteiger partial charge is 0.472 e. The van der Waals surface area contributed by atoms with Crippen molar-refractivity contribution in [3.8, 4) is 0 Å². The average molecular weight is 830 g/mol. The number of allylic oxidation sites excluding steroid dienone is 2. The second kappa shape index (κ2) is 44.3. The molecule has 0 spiro atoms. The van der Waals surface area contributed by atoms with Crippen molar-refractivity contribution in [2.45, 2.75) is 251 Å². The lowest BCUT2D eigenvalue weighted by atomic mass is 10.0. The molecule has 9 nitrogen and oxygen atoms in total. The molecule has 0 aliphatic rings. The Morgan fingerprint density at radius 1 is 0.509 bits per heavy atom. The van der Waals surface area contributed by atoms with Gasteiger partial charge in [0.15, 0.2) is 6.10 Å². The molecule has 0 bridgehead atoms. The Hall–Kier alpha value is -1.25. The zero-order chi connectivity index (χ0) is 41.8. The number of phosphoric ester groups is 1. The van der Waals surface area contributed by atoms with Gasteiger partial charge in [-0.05, 0) is 38.5 Å². The van der Waals surface area contributed by atoms with Gasteiger partial charge < -0.3 is 20.1 Å². The first kappa shape index (κ1) is 55.8. The zero-order valence-electron chi connectivity index (χ0n) is 37.3. The molecule has 2 atom stereocenters. The maximum Gasteiger partial charge on any atom is 0.472 e. The van der Waals surface area contributed by atoms with Crippen molar-refractivity contribution in [2.75, 3.05) is 26.4 Å². The predicted octanol–water partition coefficient (Wildman–Crippen LogP) is 14.2. The van der Waals surface area contributed by atoms with E-state index in [4.69, 9.17) is 24.3 Å². The van der Waals surface area contributed by atoms with E-state index in [2.05, 4.69) is 26.0 Å². The number of esters is 2. The van der Waals surface area contributed by atoms with Crippen molar-refractivity contribution >= 4 is 19.8 Å². The summed E-state index contributed by atoms with van der Waals surface area (Å²) in [5.41, 5.74) is 5.35. The fraction of sp³-hybridized carbons (Fsp3) is 0.915. The minimum atomic E-state index is -4.37. The summed E-state index contributed by atoms with van der Waals surface area (Å²) in [6.45, 7) is 3.75. The van der Waals surface area contributed by atoms with Crippen LogP contribution in [0.1, 0.15) is 245 Å². The highest BCUT2D eigenvalue weighted by atomic mass is 31.2. The quantitative estimate of drug-likeness (QED) is 0.0266. The van der Waals surface area contributed by atoms with Crippen LogP contribution in [0.5, 0.6) is 0 Å². The second-order valence-electron chi connectivity index (χ2n) is 16.3.